The highest BCUT2D eigenvalue weighted by atomic mass is 16.5. The van der Waals surface area contributed by atoms with Crippen LogP contribution >= 0.6 is 0 Å². The van der Waals surface area contributed by atoms with Gasteiger partial charge in [0.05, 0.1) is 18.4 Å². The van der Waals surface area contributed by atoms with E-state index < -0.39 is 0 Å². The first-order valence-corrected chi connectivity index (χ1v) is 7.94. The minimum absolute atomic E-state index is 0.0131. The van der Waals surface area contributed by atoms with Crippen LogP contribution in [0, 0.1) is 5.92 Å². The van der Waals surface area contributed by atoms with E-state index in [1.165, 1.54) is 5.56 Å². The van der Waals surface area contributed by atoms with Crippen molar-refractivity contribution in [3.63, 3.8) is 0 Å². The number of hydrogen-bond acceptors (Lipinski definition) is 4. The monoisotopic (exact) mass is 301 g/mol. The molecule has 0 aromatic carbocycles. The highest BCUT2D eigenvalue weighted by Crippen LogP contribution is 2.35. The fourth-order valence-electron chi connectivity index (χ4n) is 3.39. The van der Waals surface area contributed by atoms with Crippen LogP contribution in [0.1, 0.15) is 30.9 Å². The van der Waals surface area contributed by atoms with E-state index in [0.29, 0.717) is 25.1 Å². The molecule has 0 spiro atoms. The first-order chi connectivity index (χ1) is 10.8. The summed E-state index contributed by atoms with van der Waals surface area (Å²) in [6.45, 7) is 2.46. The highest BCUT2D eigenvalue weighted by Gasteiger charge is 2.33. The summed E-state index contributed by atoms with van der Waals surface area (Å²) in [7, 11) is 2.14. The van der Waals surface area contributed by atoms with Crippen molar-refractivity contribution in [3.8, 4) is 0 Å². The molecule has 1 aromatic heterocycles. The van der Waals surface area contributed by atoms with Gasteiger partial charge in [0.2, 0.25) is 5.91 Å². The van der Waals surface area contributed by atoms with Gasteiger partial charge in [-0.2, -0.15) is 0 Å². The van der Waals surface area contributed by atoms with Gasteiger partial charge >= 0.3 is 0 Å². The number of carbonyl (C=O) groups excluding carboxylic acids is 1. The van der Waals surface area contributed by atoms with Crippen molar-refractivity contribution >= 4 is 5.91 Å². The number of nitrogens with one attached hydrogen (secondary N) is 1. The standard InChI is InChI=1S/C17H23N3O2/c1-20-8-6-14(16(20)13-4-2-7-18-10-13)11-19-17(21)15-5-3-9-22-12-15/h2,4,7,10,12,14,16H,3,5-6,8-9,11H2,1H3,(H,19,21)/t14-,16-/m0/s1. The van der Waals surface area contributed by atoms with Crippen LogP contribution < -0.4 is 5.32 Å². The largest absolute Gasteiger partial charge is 0.501 e. The van der Waals surface area contributed by atoms with Gasteiger partial charge in [0.25, 0.3) is 0 Å². The molecule has 5 heteroatoms. The maximum atomic E-state index is 12.2. The number of likely N-dealkylation sites (tertiary alicyclic amines) is 1. The number of pyridine rings is 1. The van der Waals surface area contributed by atoms with Gasteiger partial charge in [0.1, 0.15) is 0 Å². The van der Waals surface area contributed by atoms with Gasteiger partial charge in [-0.3, -0.25) is 14.7 Å². The first-order valence-electron chi connectivity index (χ1n) is 7.94. The average Bonchev–Trinajstić information content (AvgIpc) is 2.95. The molecule has 0 saturated carbocycles. The summed E-state index contributed by atoms with van der Waals surface area (Å²) in [4.78, 5) is 18.8. The average molecular weight is 301 g/mol. The van der Waals surface area contributed by atoms with Crippen LogP contribution in [-0.4, -0.2) is 42.5 Å². The van der Waals surface area contributed by atoms with E-state index in [2.05, 4.69) is 28.3 Å². The number of ether oxygens (including phenoxy) is 1. The fourth-order valence-corrected chi connectivity index (χ4v) is 3.39. The second kappa shape index (κ2) is 6.92. The zero-order valence-corrected chi connectivity index (χ0v) is 13.0. The zero-order chi connectivity index (χ0) is 15.4. The number of hydrogen-bond donors (Lipinski definition) is 1. The van der Waals surface area contributed by atoms with E-state index in [0.717, 1.165) is 31.4 Å². The lowest BCUT2D eigenvalue weighted by Gasteiger charge is -2.25. The number of amides is 1. The van der Waals surface area contributed by atoms with Crippen molar-refractivity contribution in [2.24, 2.45) is 5.92 Å². The molecule has 0 aliphatic carbocycles. The van der Waals surface area contributed by atoms with Crippen molar-refractivity contribution in [2.45, 2.75) is 25.3 Å². The summed E-state index contributed by atoms with van der Waals surface area (Å²) >= 11 is 0. The van der Waals surface area contributed by atoms with E-state index in [1.54, 1.807) is 12.5 Å². The van der Waals surface area contributed by atoms with E-state index >= 15 is 0 Å². The predicted molar refractivity (Wildman–Crippen MR) is 84.0 cm³/mol. The molecule has 1 fully saturated rings. The normalized spacial score (nSPS) is 25.4. The number of nitrogens with zero attached hydrogens (tertiary/aromatic N) is 2. The molecule has 118 valence electrons. The first kappa shape index (κ1) is 15.0. The molecular weight excluding hydrogens is 278 g/mol. The minimum atomic E-state index is 0.0131. The molecule has 0 bridgehead atoms. The quantitative estimate of drug-likeness (QED) is 0.922. The lowest BCUT2D eigenvalue weighted by atomic mass is 9.94. The van der Waals surface area contributed by atoms with Crippen molar-refractivity contribution in [1.82, 2.24) is 15.2 Å². The molecule has 22 heavy (non-hydrogen) atoms. The second-order valence-electron chi connectivity index (χ2n) is 6.09. The molecule has 0 unspecified atom stereocenters. The summed E-state index contributed by atoms with van der Waals surface area (Å²) in [5, 5.41) is 3.08. The number of carbonyl (C=O) groups is 1. The van der Waals surface area contributed by atoms with Gasteiger partial charge in [-0.25, -0.2) is 0 Å². The zero-order valence-electron chi connectivity index (χ0n) is 13.0. The smallest absolute Gasteiger partial charge is 0.250 e. The van der Waals surface area contributed by atoms with Crippen LogP contribution in [0.25, 0.3) is 0 Å². The van der Waals surface area contributed by atoms with Gasteiger partial charge in [0, 0.05) is 25.0 Å². The third-order valence-corrected chi connectivity index (χ3v) is 4.55. The molecule has 5 nitrogen and oxygen atoms in total. The maximum Gasteiger partial charge on any atom is 0.250 e. The van der Waals surface area contributed by atoms with Crippen LogP contribution in [-0.2, 0) is 9.53 Å². The third kappa shape index (κ3) is 3.30. The number of aromatic nitrogens is 1. The van der Waals surface area contributed by atoms with Gasteiger partial charge in [0.15, 0.2) is 0 Å². The summed E-state index contributed by atoms with van der Waals surface area (Å²) in [6, 6.07) is 4.42. The van der Waals surface area contributed by atoms with Crippen LogP contribution in [0.5, 0.6) is 0 Å². The summed E-state index contributed by atoms with van der Waals surface area (Å²) in [5.41, 5.74) is 1.98. The SMILES string of the molecule is CN1CC[C@@H](CNC(=O)C2=COCCC2)[C@@H]1c1cccnc1. The lowest BCUT2D eigenvalue weighted by molar-refractivity contribution is -0.118. The third-order valence-electron chi connectivity index (χ3n) is 4.55. The maximum absolute atomic E-state index is 12.2. The van der Waals surface area contributed by atoms with E-state index in [1.807, 2.05) is 12.3 Å². The predicted octanol–water partition coefficient (Wildman–Crippen LogP) is 1.88. The Balaban J connectivity index is 1.61. The molecule has 1 amide bonds. The summed E-state index contributed by atoms with van der Waals surface area (Å²) in [6.07, 6.45) is 8.15. The molecule has 2 aliphatic heterocycles. The molecule has 2 aliphatic rings. The lowest BCUT2D eigenvalue weighted by Crippen LogP contribution is -2.33. The Morgan fingerprint density at radius 2 is 2.45 bits per heavy atom. The topological polar surface area (TPSA) is 54.5 Å². The minimum Gasteiger partial charge on any atom is -0.501 e. The van der Waals surface area contributed by atoms with Crippen molar-refractivity contribution in [3.05, 3.63) is 41.9 Å². The van der Waals surface area contributed by atoms with Crippen molar-refractivity contribution < 1.29 is 9.53 Å². The molecule has 1 aromatic rings. The van der Waals surface area contributed by atoms with Gasteiger partial charge in [-0.05, 0) is 50.4 Å². The molecular formula is C17H23N3O2. The molecule has 3 rings (SSSR count). The molecule has 1 saturated heterocycles. The van der Waals surface area contributed by atoms with Crippen molar-refractivity contribution in [1.29, 1.82) is 0 Å². The van der Waals surface area contributed by atoms with Crippen LogP contribution in [0.2, 0.25) is 0 Å². The van der Waals surface area contributed by atoms with Gasteiger partial charge in [-0.1, -0.05) is 6.07 Å². The Morgan fingerprint density at radius 3 is 3.18 bits per heavy atom. The van der Waals surface area contributed by atoms with Gasteiger partial charge < -0.3 is 10.1 Å². The Bertz CT molecular complexity index is 544. The Morgan fingerprint density at radius 1 is 1.55 bits per heavy atom. The molecule has 0 radical (unpaired) electrons. The van der Waals surface area contributed by atoms with E-state index in [4.69, 9.17) is 4.74 Å². The van der Waals surface area contributed by atoms with Crippen LogP contribution in [0.3, 0.4) is 0 Å². The van der Waals surface area contributed by atoms with Crippen molar-refractivity contribution in [2.75, 3.05) is 26.7 Å². The second-order valence-corrected chi connectivity index (χ2v) is 6.09. The highest BCUT2D eigenvalue weighted by molar-refractivity contribution is 5.93. The molecule has 3 heterocycles. The summed E-state index contributed by atoms with van der Waals surface area (Å²) in [5.74, 6) is 0.433. The number of rotatable bonds is 4. The Kier molecular flexibility index (Phi) is 4.73. The van der Waals surface area contributed by atoms with Gasteiger partial charge in [-0.15, -0.1) is 0 Å². The Hall–Kier alpha value is -1.88. The van der Waals surface area contributed by atoms with Crippen LogP contribution in [0.15, 0.2) is 36.4 Å². The van der Waals surface area contributed by atoms with E-state index in [9.17, 15) is 4.79 Å². The fraction of sp³-hybridized carbons (Fsp3) is 0.529. The van der Waals surface area contributed by atoms with E-state index in [-0.39, 0.29) is 5.91 Å². The Labute approximate surface area is 131 Å². The van der Waals surface area contributed by atoms with Crippen LogP contribution in [0.4, 0.5) is 0 Å². The molecule has 1 N–H and O–H groups in total. The molecule has 2 atom stereocenters. The summed E-state index contributed by atoms with van der Waals surface area (Å²) < 4.78 is 5.24.